The highest BCUT2D eigenvalue weighted by Crippen LogP contribution is 2.20. The Labute approximate surface area is 157 Å². The molecule has 0 aliphatic carbocycles. The fourth-order valence-corrected chi connectivity index (χ4v) is 4.52. The second kappa shape index (κ2) is 8.44. The lowest BCUT2D eigenvalue weighted by atomic mass is 10.2. The van der Waals surface area contributed by atoms with Crippen molar-refractivity contribution in [3.05, 3.63) is 34.4 Å². The number of nitro groups is 1. The van der Waals surface area contributed by atoms with E-state index < -0.39 is 32.6 Å². The minimum absolute atomic E-state index is 0.0179. The van der Waals surface area contributed by atoms with Crippen molar-refractivity contribution in [2.75, 3.05) is 44.0 Å². The van der Waals surface area contributed by atoms with Gasteiger partial charge in [-0.25, -0.2) is 8.42 Å². The minimum atomic E-state index is -3.23. The summed E-state index contributed by atoms with van der Waals surface area (Å²) in [6, 6.07) is 4.69. The lowest BCUT2D eigenvalue weighted by Gasteiger charge is -2.28. The second-order valence-corrected chi connectivity index (χ2v) is 8.85. The monoisotopic (exact) mass is 398 g/mol. The van der Waals surface area contributed by atoms with Crippen molar-refractivity contribution in [3.8, 4) is 0 Å². The molecule has 0 spiro atoms. The number of nitro benzene ring substituents is 1. The number of rotatable bonds is 6. The molecule has 11 heteroatoms. The first kappa shape index (κ1) is 20.8. The summed E-state index contributed by atoms with van der Waals surface area (Å²) in [5.41, 5.74) is -0.0965. The normalized spacial score (nSPS) is 18.3. The van der Waals surface area contributed by atoms with Crippen LogP contribution in [0.25, 0.3) is 0 Å². The van der Waals surface area contributed by atoms with Crippen LogP contribution in [0.15, 0.2) is 24.3 Å². The smallest absolute Gasteiger partial charge is 0.313 e. The third-order valence-electron chi connectivity index (χ3n) is 4.21. The quantitative estimate of drug-likeness (QED) is 0.409. The maximum absolute atomic E-state index is 12.6. The summed E-state index contributed by atoms with van der Waals surface area (Å²) in [6.45, 7) is 0.667. The summed E-state index contributed by atoms with van der Waals surface area (Å²) in [4.78, 5) is 38.3. The second-order valence-electron chi connectivity index (χ2n) is 6.62. The number of non-ortho nitro benzene ring substituents is 1. The number of carbonyl (C=O) groups is 2. The minimum Gasteiger partial charge on any atom is -0.329 e. The number of amides is 2. The maximum atomic E-state index is 12.6. The lowest BCUT2D eigenvalue weighted by molar-refractivity contribution is -0.384. The Bertz CT molecular complexity index is 839. The number of sulfone groups is 1. The SMILES string of the molecule is CN(C)CCN(C(=O)C(=O)Nc1cccc([N+](=O)[O-])c1)C1CCS(=O)(=O)C1. The average molecular weight is 398 g/mol. The molecule has 0 bridgehead atoms. The van der Waals surface area contributed by atoms with Crippen LogP contribution < -0.4 is 5.32 Å². The van der Waals surface area contributed by atoms with E-state index >= 15 is 0 Å². The average Bonchev–Trinajstić information content (AvgIpc) is 2.94. The van der Waals surface area contributed by atoms with Gasteiger partial charge in [0.25, 0.3) is 5.69 Å². The van der Waals surface area contributed by atoms with E-state index in [4.69, 9.17) is 0 Å². The van der Waals surface area contributed by atoms with E-state index in [-0.39, 0.29) is 35.8 Å². The van der Waals surface area contributed by atoms with E-state index in [1.165, 1.54) is 23.1 Å². The van der Waals surface area contributed by atoms with E-state index in [1.54, 1.807) is 14.1 Å². The lowest BCUT2D eigenvalue weighted by Crippen LogP contribution is -2.48. The first-order valence-corrected chi connectivity index (χ1v) is 10.1. The van der Waals surface area contributed by atoms with Crippen LogP contribution in [0, 0.1) is 10.1 Å². The van der Waals surface area contributed by atoms with Crippen LogP contribution >= 0.6 is 0 Å². The van der Waals surface area contributed by atoms with Gasteiger partial charge in [0.15, 0.2) is 9.84 Å². The molecule has 1 saturated heterocycles. The highest BCUT2D eigenvalue weighted by Gasteiger charge is 2.36. The van der Waals surface area contributed by atoms with Gasteiger partial charge in [0.1, 0.15) is 0 Å². The van der Waals surface area contributed by atoms with E-state index in [2.05, 4.69) is 5.32 Å². The van der Waals surface area contributed by atoms with Gasteiger partial charge in [-0.05, 0) is 26.6 Å². The van der Waals surface area contributed by atoms with Gasteiger partial charge >= 0.3 is 11.8 Å². The van der Waals surface area contributed by atoms with E-state index in [1.807, 2.05) is 4.90 Å². The molecule has 1 heterocycles. The Morgan fingerprint density at radius 3 is 2.56 bits per heavy atom. The molecule has 1 aromatic rings. The van der Waals surface area contributed by atoms with Gasteiger partial charge in [-0.3, -0.25) is 19.7 Å². The van der Waals surface area contributed by atoms with Crippen molar-refractivity contribution in [2.45, 2.75) is 12.5 Å². The van der Waals surface area contributed by atoms with Crippen LogP contribution in [0.5, 0.6) is 0 Å². The summed E-state index contributed by atoms with van der Waals surface area (Å²) in [7, 11) is 0.379. The summed E-state index contributed by atoms with van der Waals surface area (Å²) < 4.78 is 23.5. The Balaban J connectivity index is 2.14. The Hall–Kier alpha value is -2.53. The molecule has 27 heavy (non-hydrogen) atoms. The summed E-state index contributed by atoms with van der Waals surface area (Å²) >= 11 is 0. The van der Waals surface area contributed by atoms with Gasteiger partial charge in [0.05, 0.1) is 16.4 Å². The van der Waals surface area contributed by atoms with Gasteiger partial charge in [-0.15, -0.1) is 0 Å². The Morgan fingerprint density at radius 1 is 1.30 bits per heavy atom. The molecule has 1 N–H and O–H groups in total. The van der Waals surface area contributed by atoms with Crippen LogP contribution in [-0.2, 0) is 19.4 Å². The zero-order valence-electron chi connectivity index (χ0n) is 15.1. The number of benzene rings is 1. The first-order valence-electron chi connectivity index (χ1n) is 8.30. The molecule has 1 atom stereocenters. The van der Waals surface area contributed by atoms with Crippen molar-refractivity contribution < 1.29 is 22.9 Å². The molecule has 2 amide bonds. The van der Waals surface area contributed by atoms with E-state index in [0.717, 1.165) is 6.07 Å². The van der Waals surface area contributed by atoms with Gasteiger partial charge in [0.2, 0.25) is 0 Å². The number of hydrogen-bond acceptors (Lipinski definition) is 7. The number of nitrogens with zero attached hydrogens (tertiary/aromatic N) is 3. The fraction of sp³-hybridized carbons (Fsp3) is 0.500. The first-order chi connectivity index (χ1) is 12.6. The third-order valence-corrected chi connectivity index (χ3v) is 5.96. The predicted molar refractivity (Wildman–Crippen MR) is 99.1 cm³/mol. The molecule has 0 aromatic heterocycles. The summed E-state index contributed by atoms with van der Waals surface area (Å²) in [6.07, 6.45) is 0.283. The van der Waals surface area contributed by atoms with Crippen LogP contribution in [0.2, 0.25) is 0 Å². The number of likely N-dealkylation sites (N-methyl/N-ethyl adjacent to an activating group) is 1. The van der Waals surface area contributed by atoms with Crippen molar-refractivity contribution in [1.29, 1.82) is 0 Å². The zero-order chi connectivity index (χ0) is 20.2. The van der Waals surface area contributed by atoms with Gasteiger partial charge in [-0.1, -0.05) is 6.07 Å². The topological polar surface area (TPSA) is 130 Å². The summed E-state index contributed by atoms with van der Waals surface area (Å²) in [5.74, 6) is -2.00. The molecule has 0 saturated carbocycles. The molecular weight excluding hydrogens is 376 g/mol. The third kappa shape index (κ3) is 5.73. The van der Waals surface area contributed by atoms with Crippen molar-refractivity contribution in [2.24, 2.45) is 0 Å². The van der Waals surface area contributed by atoms with Crippen LogP contribution in [0.4, 0.5) is 11.4 Å². The van der Waals surface area contributed by atoms with Crippen molar-refractivity contribution in [3.63, 3.8) is 0 Å². The number of anilines is 1. The van der Waals surface area contributed by atoms with Crippen LogP contribution in [0.3, 0.4) is 0 Å². The molecule has 1 aliphatic heterocycles. The highest BCUT2D eigenvalue weighted by molar-refractivity contribution is 7.91. The molecular formula is C16H22N4O6S. The van der Waals surface area contributed by atoms with Crippen LogP contribution in [-0.4, -0.2) is 79.7 Å². The zero-order valence-corrected chi connectivity index (χ0v) is 15.9. The van der Waals surface area contributed by atoms with Crippen molar-refractivity contribution >= 4 is 33.0 Å². The summed E-state index contributed by atoms with van der Waals surface area (Å²) in [5, 5.41) is 13.2. The van der Waals surface area contributed by atoms with E-state index in [0.29, 0.717) is 6.54 Å². The molecule has 1 unspecified atom stereocenters. The molecule has 2 rings (SSSR count). The van der Waals surface area contributed by atoms with Gasteiger partial charge in [0, 0.05) is 37.0 Å². The van der Waals surface area contributed by atoms with E-state index in [9.17, 15) is 28.1 Å². The molecule has 1 aliphatic rings. The molecule has 10 nitrogen and oxygen atoms in total. The largest absolute Gasteiger partial charge is 0.329 e. The molecule has 148 valence electrons. The predicted octanol–water partition coefficient (Wildman–Crippen LogP) is 0.111. The maximum Gasteiger partial charge on any atom is 0.313 e. The molecule has 1 fully saturated rings. The highest BCUT2D eigenvalue weighted by atomic mass is 32.2. The standard InChI is InChI=1S/C16H22N4O6S/c1-18(2)7-8-19(14-6-9-27(25,26)11-14)16(22)15(21)17-12-4-3-5-13(10-12)20(23)24/h3-5,10,14H,6-9,11H2,1-2H3,(H,17,21). The van der Waals surface area contributed by atoms with Gasteiger partial charge in [-0.2, -0.15) is 0 Å². The fourth-order valence-electron chi connectivity index (χ4n) is 2.79. The number of nitrogens with one attached hydrogen (secondary N) is 1. The van der Waals surface area contributed by atoms with Crippen molar-refractivity contribution in [1.82, 2.24) is 9.80 Å². The number of carbonyl (C=O) groups excluding carboxylic acids is 2. The van der Waals surface area contributed by atoms with Gasteiger partial charge < -0.3 is 15.1 Å². The van der Waals surface area contributed by atoms with Crippen LogP contribution in [0.1, 0.15) is 6.42 Å². The Kier molecular flexibility index (Phi) is 6.50. The molecule has 0 radical (unpaired) electrons. The Morgan fingerprint density at radius 2 is 2.00 bits per heavy atom. The number of hydrogen-bond donors (Lipinski definition) is 1. The molecule has 1 aromatic carbocycles.